The first-order valence-electron chi connectivity index (χ1n) is 4.82. The Balaban J connectivity index is 2.21. The zero-order valence-corrected chi connectivity index (χ0v) is 8.96. The highest BCUT2D eigenvalue weighted by Gasteiger charge is 2.00. The van der Waals surface area contributed by atoms with Crippen LogP contribution in [0, 0.1) is 10.1 Å². The van der Waals surface area contributed by atoms with Gasteiger partial charge in [0.25, 0.3) is 5.96 Å². The first-order valence-corrected chi connectivity index (χ1v) is 4.82. The van der Waals surface area contributed by atoms with Gasteiger partial charge in [0.1, 0.15) is 5.10 Å². The Morgan fingerprint density at radius 1 is 1.69 bits per heavy atom. The van der Waals surface area contributed by atoms with Crippen LogP contribution in [-0.4, -0.2) is 34.1 Å². The fraction of sp³-hybridized carbons (Fsp3) is 0.500. The van der Waals surface area contributed by atoms with E-state index in [2.05, 4.69) is 20.7 Å². The maximum atomic E-state index is 10.1. The molecule has 8 heteroatoms. The molecule has 0 spiro atoms. The maximum Gasteiger partial charge on any atom is 0.268 e. The number of guanidine groups is 1. The fourth-order valence-electron chi connectivity index (χ4n) is 1.14. The summed E-state index contributed by atoms with van der Waals surface area (Å²) in [6, 6.07) is 0. The van der Waals surface area contributed by atoms with Crippen LogP contribution in [0.5, 0.6) is 0 Å². The zero-order chi connectivity index (χ0) is 11.8. The number of nitro groups is 1. The lowest BCUT2D eigenvalue weighted by Gasteiger charge is -2.06. The van der Waals surface area contributed by atoms with Crippen LogP contribution in [0.4, 0.5) is 0 Å². The standard InChI is InChI=1S/C8H14N6O2/c1-9-8(12-14(15)16)11-3-2-5-13-6-4-10-7-13/h4,6-7H,2-3,5H2,1H3,(H2,9,11,12). The van der Waals surface area contributed by atoms with Crippen LogP contribution in [0.25, 0.3) is 0 Å². The van der Waals surface area contributed by atoms with Gasteiger partial charge in [-0.2, -0.15) is 0 Å². The number of nitrogens with one attached hydrogen (secondary N) is 2. The summed E-state index contributed by atoms with van der Waals surface area (Å²) in [6.07, 6.45) is 6.13. The largest absolute Gasteiger partial charge is 0.354 e. The Hall–Kier alpha value is -2.12. The van der Waals surface area contributed by atoms with Crippen molar-refractivity contribution in [1.82, 2.24) is 20.2 Å². The number of hydrogen-bond acceptors (Lipinski definition) is 3. The van der Waals surface area contributed by atoms with Crippen LogP contribution in [0.3, 0.4) is 0 Å². The summed E-state index contributed by atoms with van der Waals surface area (Å²) < 4.78 is 1.94. The zero-order valence-electron chi connectivity index (χ0n) is 8.96. The Labute approximate surface area is 92.5 Å². The van der Waals surface area contributed by atoms with Crippen LogP contribution in [0.15, 0.2) is 23.8 Å². The van der Waals surface area contributed by atoms with E-state index in [0.29, 0.717) is 6.54 Å². The molecule has 0 saturated heterocycles. The van der Waals surface area contributed by atoms with Crippen molar-refractivity contribution in [2.45, 2.75) is 13.0 Å². The first kappa shape index (κ1) is 12.0. The van der Waals surface area contributed by atoms with E-state index in [1.54, 1.807) is 19.6 Å². The lowest BCUT2D eigenvalue weighted by atomic mass is 10.4. The second-order valence-corrected chi connectivity index (χ2v) is 3.02. The molecule has 0 amide bonds. The van der Waals surface area contributed by atoms with Gasteiger partial charge in [-0.05, 0) is 6.42 Å². The molecule has 0 radical (unpaired) electrons. The van der Waals surface area contributed by atoms with Crippen molar-refractivity contribution in [3.8, 4) is 0 Å². The molecule has 0 aliphatic rings. The minimum Gasteiger partial charge on any atom is -0.354 e. The summed E-state index contributed by atoms with van der Waals surface area (Å²) >= 11 is 0. The van der Waals surface area contributed by atoms with E-state index in [1.165, 1.54) is 0 Å². The third-order valence-corrected chi connectivity index (χ3v) is 1.86. The highest BCUT2D eigenvalue weighted by molar-refractivity contribution is 5.78. The summed E-state index contributed by atoms with van der Waals surface area (Å²) in [7, 11) is 1.57. The van der Waals surface area contributed by atoms with Crippen molar-refractivity contribution in [2.24, 2.45) is 5.10 Å². The second-order valence-electron chi connectivity index (χ2n) is 3.02. The molecular weight excluding hydrogens is 212 g/mol. The fourth-order valence-corrected chi connectivity index (χ4v) is 1.14. The molecule has 0 fully saturated rings. The summed E-state index contributed by atoms with van der Waals surface area (Å²) in [5.74, 6) is 0.163. The number of nitrogens with zero attached hydrogens (tertiary/aromatic N) is 4. The molecule has 1 aromatic heterocycles. The van der Waals surface area contributed by atoms with Gasteiger partial charge in [0, 0.05) is 32.5 Å². The highest BCUT2D eigenvalue weighted by Crippen LogP contribution is 1.88. The maximum absolute atomic E-state index is 10.1. The number of hydrogen-bond donors (Lipinski definition) is 2. The number of aromatic nitrogens is 2. The molecule has 8 nitrogen and oxygen atoms in total. The van der Waals surface area contributed by atoms with E-state index >= 15 is 0 Å². The summed E-state index contributed by atoms with van der Waals surface area (Å²) in [6.45, 7) is 1.41. The van der Waals surface area contributed by atoms with E-state index in [4.69, 9.17) is 0 Å². The molecule has 0 aliphatic heterocycles. The normalized spacial score (nSPS) is 11.2. The van der Waals surface area contributed by atoms with E-state index in [-0.39, 0.29) is 5.96 Å². The van der Waals surface area contributed by atoms with Gasteiger partial charge in [-0.1, -0.05) is 0 Å². The Morgan fingerprint density at radius 3 is 3.06 bits per heavy atom. The summed E-state index contributed by atoms with van der Waals surface area (Å²) in [5, 5.41) is 17.9. The monoisotopic (exact) mass is 226 g/mol. The van der Waals surface area contributed by atoms with Gasteiger partial charge in [0.2, 0.25) is 0 Å². The topological polar surface area (TPSA) is 97.4 Å². The SMILES string of the molecule is CN/C(=N\[N+](=O)[O-])NCCCn1ccnc1. The van der Waals surface area contributed by atoms with E-state index < -0.39 is 5.03 Å². The van der Waals surface area contributed by atoms with Gasteiger partial charge in [-0.15, -0.1) is 0 Å². The summed E-state index contributed by atoms with van der Waals surface area (Å²) in [5.41, 5.74) is 0. The highest BCUT2D eigenvalue weighted by atomic mass is 16.7. The Bertz CT molecular complexity index is 347. The van der Waals surface area contributed by atoms with E-state index in [9.17, 15) is 10.1 Å². The molecule has 1 heterocycles. The molecular formula is C8H14N6O2. The van der Waals surface area contributed by atoms with Crippen LogP contribution >= 0.6 is 0 Å². The molecule has 0 aliphatic carbocycles. The number of hydrazone groups is 1. The van der Waals surface area contributed by atoms with E-state index in [0.717, 1.165) is 13.0 Å². The second kappa shape index (κ2) is 6.38. The van der Waals surface area contributed by atoms with E-state index in [1.807, 2.05) is 10.8 Å². The Morgan fingerprint density at radius 2 is 2.50 bits per heavy atom. The Kier molecular flexibility index (Phi) is 4.77. The molecule has 0 atom stereocenters. The van der Waals surface area contributed by atoms with Crippen LogP contribution in [0.2, 0.25) is 0 Å². The van der Waals surface area contributed by atoms with Crippen molar-refractivity contribution in [2.75, 3.05) is 13.6 Å². The molecule has 0 saturated carbocycles. The van der Waals surface area contributed by atoms with Crippen molar-refractivity contribution < 1.29 is 5.03 Å². The molecule has 88 valence electrons. The van der Waals surface area contributed by atoms with Crippen LogP contribution in [-0.2, 0) is 6.54 Å². The number of aryl methyl sites for hydroxylation is 1. The minimum atomic E-state index is -0.741. The van der Waals surface area contributed by atoms with Gasteiger partial charge in [0.05, 0.1) is 6.33 Å². The molecule has 1 aromatic rings. The van der Waals surface area contributed by atoms with Crippen molar-refractivity contribution in [1.29, 1.82) is 0 Å². The van der Waals surface area contributed by atoms with Crippen LogP contribution < -0.4 is 10.6 Å². The molecule has 2 N–H and O–H groups in total. The molecule has 0 bridgehead atoms. The van der Waals surface area contributed by atoms with Gasteiger partial charge in [-0.3, -0.25) is 0 Å². The molecule has 0 aromatic carbocycles. The smallest absolute Gasteiger partial charge is 0.268 e. The number of rotatable bonds is 5. The molecule has 0 unspecified atom stereocenters. The van der Waals surface area contributed by atoms with Gasteiger partial charge in [-0.25, -0.2) is 15.1 Å². The minimum absolute atomic E-state index is 0.163. The third-order valence-electron chi connectivity index (χ3n) is 1.86. The predicted molar refractivity (Wildman–Crippen MR) is 58.3 cm³/mol. The van der Waals surface area contributed by atoms with Gasteiger partial charge in [0.15, 0.2) is 5.03 Å². The predicted octanol–water partition coefficient (Wildman–Crippen LogP) is -0.370. The molecule has 1 rings (SSSR count). The van der Waals surface area contributed by atoms with Gasteiger partial charge >= 0.3 is 0 Å². The first-order chi connectivity index (χ1) is 7.72. The molecule has 16 heavy (non-hydrogen) atoms. The lowest BCUT2D eigenvalue weighted by molar-refractivity contribution is -0.485. The third kappa shape index (κ3) is 4.40. The number of imidazole rings is 1. The lowest BCUT2D eigenvalue weighted by Crippen LogP contribution is -2.36. The average molecular weight is 226 g/mol. The van der Waals surface area contributed by atoms with Crippen molar-refractivity contribution in [3.05, 3.63) is 28.8 Å². The van der Waals surface area contributed by atoms with Crippen molar-refractivity contribution in [3.63, 3.8) is 0 Å². The quantitative estimate of drug-likeness (QED) is 0.235. The van der Waals surface area contributed by atoms with Gasteiger partial charge < -0.3 is 15.2 Å². The van der Waals surface area contributed by atoms with Crippen LogP contribution in [0.1, 0.15) is 6.42 Å². The summed E-state index contributed by atoms with van der Waals surface area (Å²) in [4.78, 5) is 14.0. The average Bonchev–Trinajstić information content (AvgIpc) is 2.74. The van der Waals surface area contributed by atoms with Crippen molar-refractivity contribution >= 4 is 5.96 Å².